The topological polar surface area (TPSA) is 80.9 Å². The molecule has 7 heteroatoms. The third-order valence-electron chi connectivity index (χ3n) is 4.62. The van der Waals surface area contributed by atoms with Crippen molar-refractivity contribution in [1.82, 2.24) is 4.57 Å². The first-order chi connectivity index (χ1) is 12.9. The largest absolute Gasteiger partial charge is 0.497 e. The van der Waals surface area contributed by atoms with E-state index in [-0.39, 0.29) is 5.30 Å². The van der Waals surface area contributed by atoms with E-state index >= 15 is 0 Å². The Bertz CT molecular complexity index is 1130. The molecule has 0 aliphatic rings. The van der Waals surface area contributed by atoms with Gasteiger partial charge >= 0.3 is 7.60 Å². The highest BCUT2D eigenvalue weighted by Crippen LogP contribution is 2.37. The fourth-order valence-corrected chi connectivity index (χ4v) is 3.85. The maximum atomic E-state index is 11.5. The van der Waals surface area contributed by atoms with Crippen LogP contribution in [0.1, 0.15) is 0 Å². The van der Waals surface area contributed by atoms with Gasteiger partial charge in [0, 0.05) is 16.5 Å². The first kappa shape index (κ1) is 17.6. The Balaban J connectivity index is 2.02. The third kappa shape index (κ3) is 2.98. The van der Waals surface area contributed by atoms with Gasteiger partial charge in [0.05, 0.1) is 30.6 Å². The predicted molar refractivity (Wildman–Crippen MR) is 106 cm³/mol. The predicted octanol–water partition coefficient (Wildman–Crippen LogP) is 3.60. The van der Waals surface area contributed by atoms with Gasteiger partial charge in [0.2, 0.25) is 0 Å². The van der Waals surface area contributed by atoms with E-state index in [4.69, 9.17) is 9.47 Å². The summed E-state index contributed by atoms with van der Waals surface area (Å²) in [5, 5.41) is 2.00. The van der Waals surface area contributed by atoms with Crippen molar-refractivity contribution in [3.8, 4) is 17.2 Å². The summed E-state index contributed by atoms with van der Waals surface area (Å²) in [5.74, 6) is 1.50. The van der Waals surface area contributed by atoms with Crippen LogP contribution in [0.3, 0.4) is 0 Å². The van der Waals surface area contributed by atoms with Crippen LogP contribution in [0.15, 0.2) is 60.7 Å². The molecule has 0 radical (unpaired) electrons. The molecule has 1 aromatic heterocycles. The van der Waals surface area contributed by atoms with Gasteiger partial charge in [-0.05, 0) is 60.7 Å². The highest BCUT2D eigenvalue weighted by atomic mass is 31.2. The van der Waals surface area contributed by atoms with Gasteiger partial charge in [0.25, 0.3) is 0 Å². The lowest BCUT2D eigenvalue weighted by Crippen LogP contribution is -2.04. The fraction of sp³-hybridized carbons (Fsp3) is 0.100. The Kier molecular flexibility index (Phi) is 4.19. The minimum atomic E-state index is -4.27. The van der Waals surface area contributed by atoms with Crippen molar-refractivity contribution in [3.63, 3.8) is 0 Å². The van der Waals surface area contributed by atoms with Gasteiger partial charge in [0.15, 0.2) is 0 Å². The number of rotatable bonds is 4. The Morgan fingerprint density at radius 1 is 0.778 bits per heavy atom. The summed E-state index contributed by atoms with van der Waals surface area (Å²) in [7, 11) is -1.02. The van der Waals surface area contributed by atoms with Crippen molar-refractivity contribution in [2.45, 2.75) is 0 Å². The monoisotopic (exact) mass is 383 g/mol. The number of nitrogens with zero attached hydrogens (tertiary/aromatic N) is 1. The van der Waals surface area contributed by atoms with Crippen molar-refractivity contribution < 1.29 is 23.8 Å². The number of hydrogen-bond acceptors (Lipinski definition) is 3. The molecule has 0 amide bonds. The van der Waals surface area contributed by atoms with Crippen molar-refractivity contribution >= 4 is 34.7 Å². The van der Waals surface area contributed by atoms with Crippen molar-refractivity contribution in [2.75, 3.05) is 14.2 Å². The molecule has 3 aromatic carbocycles. The second-order valence-electron chi connectivity index (χ2n) is 6.16. The Morgan fingerprint density at radius 2 is 1.26 bits per heavy atom. The van der Waals surface area contributed by atoms with Crippen LogP contribution in [0.25, 0.3) is 27.5 Å². The SMILES string of the molecule is COc1ccc2c(c1)c1cc(OC)ccc1n2-c1ccc(P(=O)(O)O)cc1. The van der Waals surface area contributed by atoms with Crippen LogP contribution in [0.4, 0.5) is 0 Å². The first-order valence-electron chi connectivity index (χ1n) is 8.25. The van der Waals surface area contributed by atoms with Gasteiger partial charge in [-0.2, -0.15) is 0 Å². The van der Waals surface area contributed by atoms with Crippen molar-refractivity contribution in [3.05, 3.63) is 60.7 Å². The molecule has 0 atom stereocenters. The molecule has 0 saturated carbocycles. The van der Waals surface area contributed by atoms with E-state index in [1.807, 2.05) is 41.0 Å². The van der Waals surface area contributed by atoms with E-state index < -0.39 is 7.60 Å². The minimum Gasteiger partial charge on any atom is -0.497 e. The lowest BCUT2D eigenvalue weighted by Gasteiger charge is -2.10. The Hall–Kier alpha value is -2.79. The molecule has 27 heavy (non-hydrogen) atoms. The molecular formula is C20H18NO5P. The van der Waals surface area contributed by atoms with Gasteiger partial charge in [-0.25, -0.2) is 0 Å². The van der Waals surface area contributed by atoms with E-state index in [2.05, 4.69) is 0 Å². The fourth-order valence-electron chi connectivity index (χ4n) is 3.31. The number of methoxy groups -OCH3 is 2. The van der Waals surface area contributed by atoms with Gasteiger partial charge < -0.3 is 23.8 Å². The average Bonchev–Trinajstić information content (AvgIpc) is 3.00. The molecule has 138 valence electrons. The van der Waals surface area contributed by atoms with Crippen LogP contribution in [-0.2, 0) is 4.57 Å². The van der Waals surface area contributed by atoms with E-state index in [0.717, 1.165) is 39.0 Å². The number of fused-ring (bicyclic) bond motifs is 3. The van der Waals surface area contributed by atoms with Crippen LogP contribution in [0, 0.1) is 0 Å². The molecule has 4 aromatic rings. The van der Waals surface area contributed by atoms with E-state index in [0.29, 0.717) is 0 Å². The summed E-state index contributed by atoms with van der Waals surface area (Å²) >= 11 is 0. The Morgan fingerprint density at radius 3 is 1.67 bits per heavy atom. The number of ether oxygens (including phenoxy) is 2. The molecule has 6 nitrogen and oxygen atoms in total. The standard InChI is InChI=1S/C20H18NO5P/c1-25-14-5-9-19-17(11-14)18-12-15(26-2)6-10-20(18)21(19)13-3-7-16(8-4-13)27(22,23)24/h3-12H,1-2H3,(H2,22,23,24). The highest BCUT2D eigenvalue weighted by molar-refractivity contribution is 7.60. The van der Waals surface area contributed by atoms with Gasteiger partial charge in [-0.15, -0.1) is 0 Å². The second kappa shape index (κ2) is 6.43. The first-order valence-corrected chi connectivity index (χ1v) is 9.86. The molecule has 0 fully saturated rings. The third-order valence-corrected chi connectivity index (χ3v) is 5.59. The summed E-state index contributed by atoms with van der Waals surface area (Å²) in [6.07, 6.45) is 0. The van der Waals surface area contributed by atoms with Crippen LogP contribution >= 0.6 is 7.60 Å². The summed E-state index contributed by atoms with van der Waals surface area (Å²) in [6, 6.07) is 18.0. The number of hydrogen-bond donors (Lipinski definition) is 2. The molecule has 0 aliphatic carbocycles. The second-order valence-corrected chi connectivity index (χ2v) is 7.77. The van der Waals surface area contributed by atoms with Crippen LogP contribution in [-0.4, -0.2) is 28.6 Å². The molecule has 1 heterocycles. The molecule has 0 spiro atoms. The summed E-state index contributed by atoms with van der Waals surface area (Å²) in [5.41, 5.74) is 2.73. The summed E-state index contributed by atoms with van der Waals surface area (Å²) < 4.78 is 24.2. The highest BCUT2D eigenvalue weighted by Gasteiger charge is 2.18. The zero-order valence-corrected chi connectivity index (χ0v) is 15.7. The van der Waals surface area contributed by atoms with Crippen molar-refractivity contribution in [1.29, 1.82) is 0 Å². The summed E-state index contributed by atoms with van der Waals surface area (Å²) in [6.45, 7) is 0. The molecular weight excluding hydrogens is 365 g/mol. The molecule has 0 unspecified atom stereocenters. The molecule has 0 bridgehead atoms. The van der Waals surface area contributed by atoms with Gasteiger partial charge in [-0.3, -0.25) is 4.57 Å². The molecule has 0 saturated heterocycles. The smallest absolute Gasteiger partial charge is 0.356 e. The average molecular weight is 383 g/mol. The molecule has 0 aliphatic heterocycles. The van der Waals surface area contributed by atoms with Gasteiger partial charge in [0.1, 0.15) is 11.5 Å². The lowest BCUT2D eigenvalue weighted by molar-refractivity contribution is 0.387. The maximum Gasteiger partial charge on any atom is 0.356 e. The van der Waals surface area contributed by atoms with Crippen LogP contribution in [0.2, 0.25) is 0 Å². The van der Waals surface area contributed by atoms with E-state index in [9.17, 15) is 14.4 Å². The normalized spacial score (nSPS) is 11.9. The minimum absolute atomic E-state index is 0.00430. The number of aromatic nitrogens is 1. The lowest BCUT2D eigenvalue weighted by atomic mass is 10.1. The van der Waals surface area contributed by atoms with E-state index in [1.165, 1.54) is 12.1 Å². The van der Waals surface area contributed by atoms with Crippen molar-refractivity contribution in [2.24, 2.45) is 0 Å². The Labute approximate surface area is 155 Å². The quantitative estimate of drug-likeness (QED) is 0.526. The van der Waals surface area contributed by atoms with E-state index in [1.54, 1.807) is 26.4 Å². The summed E-state index contributed by atoms with van der Waals surface area (Å²) in [4.78, 5) is 18.7. The van der Waals surface area contributed by atoms with Crippen LogP contribution in [0.5, 0.6) is 11.5 Å². The van der Waals surface area contributed by atoms with Gasteiger partial charge in [-0.1, -0.05) is 0 Å². The maximum absolute atomic E-state index is 11.5. The van der Waals surface area contributed by atoms with Crippen LogP contribution < -0.4 is 14.8 Å². The number of benzene rings is 3. The zero-order chi connectivity index (χ0) is 19.2. The molecule has 4 rings (SSSR count). The zero-order valence-electron chi connectivity index (χ0n) is 14.8. The molecule has 2 N–H and O–H groups in total.